The highest BCUT2D eigenvalue weighted by Crippen LogP contribution is 2.25. The van der Waals surface area contributed by atoms with Gasteiger partial charge in [0.1, 0.15) is 11.3 Å². The molecule has 1 aliphatic rings. The summed E-state index contributed by atoms with van der Waals surface area (Å²) in [7, 11) is 0. The standard InChI is InChI=1S/C14H17NO/c1-10-12-7-2-3-8-13(12)16-14(10)9-15-11-5-4-6-11/h2-3,7-8,11,15H,4-6,9H2,1H3. The van der Waals surface area contributed by atoms with E-state index in [2.05, 4.69) is 24.4 Å². The van der Waals surface area contributed by atoms with Gasteiger partial charge < -0.3 is 9.73 Å². The van der Waals surface area contributed by atoms with Gasteiger partial charge >= 0.3 is 0 Å². The van der Waals surface area contributed by atoms with Gasteiger partial charge in [-0.1, -0.05) is 24.6 Å². The maximum atomic E-state index is 5.86. The molecule has 2 nitrogen and oxygen atoms in total. The van der Waals surface area contributed by atoms with Gasteiger partial charge in [0, 0.05) is 11.4 Å². The SMILES string of the molecule is Cc1c(CNC2CCC2)oc2ccccc12. The minimum atomic E-state index is 0.715. The molecule has 1 aromatic heterocycles. The molecule has 0 amide bonds. The lowest BCUT2D eigenvalue weighted by atomic mass is 9.93. The summed E-state index contributed by atoms with van der Waals surface area (Å²) in [6.07, 6.45) is 4.01. The predicted octanol–water partition coefficient (Wildman–Crippen LogP) is 3.38. The van der Waals surface area contributed by atoms with Crippen molar-refractivity contribution in [2.24, 2.45) is 0 Å². The fraction of sp³-hybridized carbons (Fsp3) is 0.429. The minimum Gasteiger partial charge on any atom is -0.459 e. The van der Waals surface area contributed by atoms with Gasteiger partial charge in [0.05, 0.1) is 6.54 Å². The zero-order valence-electron chi connectivity index (χ0n) is 9.62. The number of aryl methyl sites for hydroxylation is 1. The highest BCUT2D eigenvalue weighted by molar-refractivity contribution is 5.81. The van der Waals surface area contributed by atoms with Crippen molar-refractivity contribution in [3.8, 4) is 0 Å². The third kappa shape index (κ3) is 1.63. The Kier molecular flexibility index (Phi) is 2.44. The van der Waals surface area contributed by atoms with Crippen LogP contribution in [0.2, 0.25) is 0 Å². The van der Waals surface area contributed by atoms with Crippen molar-refractivity contribution in [1.82, 2.24) is 5.32 Å². The lowest BCUT2D eigenvalue weighted by Gasteiger charge is -2.26. The molecule has 1 heterocycles. The Morgan fingerprint density at radius 3 is 2.81 bits per heavy atom. The van der Waals surface area contributed by atoms with Crippen LogP contribution in [-0.4, -0.2) is 6.04 Å². The van der Waals surface area contributed by atoms with Crippen molar-refractivity contribution in [3.63, 3.8) is 0 Å². The first-order chi connectivity index (χ1) is 7.84. The number of para-hydroxylation sites is 1. The summed E-state index contributed by atoms with van der Waals surface area (Å²) in [4.78, 5) is 0. The van der Waals surface area contributed by atoms with E-state index >= 15 is 0 Å². The van der Waals surface area contributed by atoms with E-state index in [-0.39, 0.29) is 0 Å². The number of rotatable bonds is 3. The smallest absolute Gasteiger partial charge is 0.134 e. The fourth-order valence-electron chi connectivity index (χ4n) is 2.24. The molecular weight excluding hydrogens is 198 g/mol. The van der Waals surface area contributed by atoms with Crippen molar-refractivity contribution in [1.29, 1.82) is 0 Å². The van der Waals surface area contributed by atoms with Crippen LogP contribution in [0.4, 0.5) is 0 Å². The highest BCUT2D eigenvalue weighted by Gasteiger charge is 2.18. The summed E-state index contributed by atoms with van der Waals surface area (Å²) in [6, 6.07) is 8.96. The Balaban J connectivity index is 1.82. The second-order valence-corrected chi connectivity index (χ2v) is 4.66. The molecule has 0 unspecified atom stereocenters. The van der Waals surface area contributed by atoms with E-state index in [1.807, 2.05) is 12.1 Å². The molecule has 0 atom stereocenters. The summed E-state index contributed by atoms with van der Waals surface area (Å²) in [5.74, 6) is 1.09. The van der Waals surface area contributed by atoms with Gasteiger partial charge in [-0.2, -0.15) is 0 Å². The molecule has 1 saturated carbocycles. The zero-order chi connectivity index (χ0) is 11.0. The van der Waals surface area contributed by atoms with Crippen molar-refractivity contribution in [2.45, 2.75) is 38.8 Å². The quantitative estimate of drug-likeness (QED) is 0.849. The fourth-order valence-corrected chi connectivity index (χ4v) is 2.24. The molecule has 0 aliphatic heterocycles. The normalized spacial score (nSPS) is 16.6. The van der Waals surface area contributed by atoms with E-state index in [1.54, 1.807) is 0 Å². The number of nitrogens with one attached hydrogen (secondary N) is 1. The van der Waals surface area contributed by atoms with E-state index in [0.29, 0.717) is 6.04 Å². The third-order valence-electron chi connectivity index (χ3n) is 3.60. The average molecular weight is 215 g/mol. The van der Waals surface area contributed by atoms with Crippen molar-refractivity contribution in [3.05, 3.63) is 35.6 Å². The Hall–Kier alpha value is -1.28. The average Bonchev–Trinajstić information content (AvgIpc) is 2.55. The molecule has 1 N–H and O–H groups in total. The van der Waals surface area contributed by atoms with Crippen LogP contribution in [0.5, 0.6) is 0 Å². The van der Waals surface area contributed by atoms with Gasteiger partial charge in [0.25, 0.3) is 0 Å². The highest BCUT2D eigenvalue weighted by atomic mass is 16.3. The van der Waals surface area contributed by atoms with E-state index in [4.69, 9.17) is 4.42 Å². The lowest BCUT2D eigenvalue weighted by Crippen LogP contribution is -2.34. The largest absolute Gasteiger partial charge is 0.459 e. The molecule has 1 aliphatic carbocycles. The number of furan rings is 1. The number of benzene rings is 1. The molecule has 1 aromatic carbocycles. The van der Waals surface area contributed by atoms with Crippen molar-refractivity contribution in [2.75, 3.05) is 0 Å². The summed E-state index contributed by atoms with van der Waals surface area (Å²) in [5.41, 5.74) is 2.29. The Labute approximate surface area is 95.6 Å². The van der Waals surface area contributed by atoms with Crippen LogP contribution >= 0.6 is 0 Å². The first-order valence-corrected chi connectivity index (χ1v) is 6.05. The molecule has 0 saturated heterocycles. The van der Waals surface area contributed by atoms with Gasteiger partial charge in [0.15, 0.2) is 0 Å². The summed E-state index contributed by atoms with van der Waals surface area (Å²) >= 11 is 0. The Bertz CT molecular complexity index is 496. The lowest BCUT2D eigenvalue weighted by molar-refractivity contribution is 0.327. The molecular formula is C14H17NO. The topological polar surface area (TPSA) is 25.2 Å². The molecule has 0 radical (unpaired) electrons. The molecule has 3 rings (SSSR count). The van der Waals surface area contributed by atoms with E-state index < -0.39 is 0 Å². The first kappa shape index (κ1) is 9.91. The Morgan fingerprint density at radius 2 is 2.12 bits per heavy atom. The molecule has 1 fully saturated rings. The van der Waals surface area contributed by atoms with E-state index in [0.717, 1.165) is 17.9 Å². The molecule has 0 spiro atoms. The van der Waals surface area contributed by atoms with Crippen LogP contribution in [-0.2, 0) is 6.54 Å². The number of fused-ring (bicyclic) bond motifs is 1. The van der Waals surface area contributed by atoms with Gasteiger partial charge in [0.2, 0.25) is 0 Å². The zero-order valence-corrected chi connectivity index (χ0v) is 9.62. The van der Waals surface area contributed by atoms with Crippen molar-refractivity contribution >= 4 is 11.0 Å². The van der Waals surface area contributed by atoms with Gasteiger partial charge in [-0.05, 0) is 31.4 Å². The molecule has 16 heavy (non-hydrogen) atoms. The minimum absolute atomic E-state index is 0.715. The summed E-state index contributed by atoms with van der Waals surface area (Å²) in [6.45, 7) is 3.01. The monoisotopic (exact) mass is 215 g/mol. The predicted molar refractivity (Wildman–Crippen MR) is 65.4 cm³/mol. The molecule has 84 valence electrons. The third-order valence-corrected chi connectivity index (χ3v) is 3.60. The maximum Gasteiger partial charge on any atom is 0.134 e. The van der Waals surface area contributed by atoms with Gasteiger partial charge in [-0.15, -0.1) is 0 Å². The van der Waals surface area contributed by atoms with Crippen LogP contribution in [0.25, 0.3) is 11.0 Å². The first-order valence-electron chi connectivity index (χ1n) is 6.05. The van der Waals surface area contributed by atoms with Crippen molar-refractivity contribution < 1.29 is 4.42 Å². The molecule has 2 heteroatoms. The summed E-state index contributed by atoms with van der Waals surface area (Å²) in [5, 5.41) is 4.79. The van der Waals surface area contributed by atoms with Crippen LogP contribution in [0.15, 0.2) is 28.7 Å². The van der Waals surface area contributed by atoms with Gasteiger partial charge in [-0.3, -0.25) is 0 Å². The van der Waals surface area contributed by atoms with Crippen LogP contribution < -0.4 is 5.32 Å². The molecule has 2 aromatic rings. The number of hydrogen-bond acceptors (Lipinski definition) is 2. The summed E-state index contributed by atoms with van der Waals surface area (Å²) < 4.78 is 5.86. The Morgan fingerprint density at radius 1 is 1.31 bits per heavy atom. The second kappa shape index (κ2) is 3.95. The maximum absolute atomic E-state index is 5.86. The van der Waals surface area contributed by atoms with Gasteiger partial charge in [-0.25, -0.2) is 0 Å². The molecule has 0 bridgehead atoms. The van der Waals surface area contributed by atoms with Crippen LogP contribution in [0, 0.1) is 6.92 Å². The van der Waals surface area contributed by atoms with E-state index in [9.17, 15) is 0 Å². The second-order valence-electron chi connectivity index (χ2n) is 4.66. The van der Waals surface area contributed by atoms with Crippen LogP contribution in [0.3, 0.4) is 0 Å². The van der Waals surface area contributed by atoms with E-state index in [1.165, 1.54) is 30.2 Å². The van der Waals surface area contributed by atoms with Crippen LogP contribution in [0.1, 0.15) is 30.6 Å². The number of hydrogen-bond donors (Lipinski definition) is 1.